The van der Waals surface area contributed by atoms with Gasteiger partial charge in [-0.3, -0.25) is 10.1 Å². The van der Waals surface area contributed by atoms with E-state index in [0.717, 1.165) is 30.8 Å². The van der Waals surface area contributed by atoms with Gasteiger partial charge in [-0.1, -0.05) is 12.1 Å². The van der Waals surface area contributed by atoms with E-state index in [1.165, 1.54) is 16.2 Å². The molecule has 3 aromatic rings. The molecular weight excluding hydrogens is 436 g/mol. The molecule has 4 rings (SSSR count). The van der Waals surface area contributed by atoms with Gasteiger partial charge in [-0.05, 0) is 55.9 Å². The van der Waals surface area contributed by atoms with Crippen LogP contribution in [0.5, 0.6) is 0 Å². The van der Waals surface area contributed by atoms with Crippen molar-refractivity contribution in [3.05, 3.63) is 75.8 Å². The third kappa shape index (κ3) is 5.55. The molecule has 0 saturated heterocycles. The molecule has 0 spiro atoms. The molecule has 3 amide bonds. The summed E-state index contributed by atoms with van der Waals surface area (Å²) < 4.78 is 0. The van der Waals surface area contributed by atoms with E-state index < -0.39 is 0 Å². The summed E-state index contributed by atoms with van der Waals surface area (Å²) in [5, 5.41) is 18.0. The molecule has 0 unspecified atom stereocenters. The summed E-state index contributed by atoms with van der Waals surface area (Å²) >= 11 is 1.52. The van der Waals surface area contributed by atoms with E-state index in [2.05, 4.69) is 32.9 Å². The van der Waals surface area contributed by atoms with Crippen LogP contribution in [0.1, 0.15) is 45.0 Å². The maximum atomic E-state index is 12.8. The quantitative estimate of drug-likeness (QED) is 0.530. The van der Waals surface area contributed by atoms with Crippen molar-refractivity contribution in [3.63, 3.8) is 0 Å². The number of hydrogen-bond donors (Lipinski definition) is 3. The van der Waals surface area contributed by atoms with Crippen LogP contribution >= 0.6 is 11.3 Å². The summed E-state index contributed by atoms with van der Waals surface area (Å²) in [6, 6.07) is 15.1. The van der Waals surface area contributed by atoms with E-state index in [9.17, 15) is 9.59 Å². The fourth-order valence-electron chi connectivity index (χ4n) is 3.57. The Morgan fingerprint density at radius 1 is 1.18 bits per heavy atom. The van der Waals surface area contributed by atoms with Gasteiger partial charge in [0.05, 0.1) is 23.4 Å². The summed E-state index contributed by atoms with van der Waals surface area (Å²) in [4.78, 5) is 33.2. The van der Waals surface area contributed by atoms with E-state index in [4.69, 9.17) is 5.26 Å². The average molecular weight is 461 g/mol. The lowest BCUT2D eigenvalue weighted by molar-refractivity contribution is 0.102. The molecule has 0 saturated carbocycles. The monoisotopic (exact) mass is 460 g/mol. The molecule has 0 radical (unpaired) electrons. The zero-order valence-corrected chi connectivity index (χ0v) is 19.2. The molecule has 2 aromatic carbocycles. The van der Waals surface area contributed by atoms with Gasteiger partial charge >= 0.3 is 6.03 Å². The number of hydrogen-bond acceptors (Lipinski definition) is 6. The van der Waals surface area contributed by atoms with Gasteiger partial charge in [0.15, 0.2) is 5.13 Å². The highest BCUT2D eigenvalue weighted by molar-refractivity contribution is 7.15. The molecule has 1 aliphatic heterocycles. The Hall–Kier alpha value is -3.74. The highest BCUT2D eigenvalue weighted by Crippen LogP contribution is 2.28. The molecular formula is C24H24N6O2S. The molecule has 1 aliphatic rings. The van der Waals surface area contributed by atoms with Crippen LogP contribution in [0.2, 0.25) is 0 Å². The number of thiazole rings is 1. The predicted octanol–water partition coefficient (Wildman–Crippen LogP) is 4.14. The molecule has 168 valence electrons. The Labute approximate surface area is 196 Å². The number of anilines is 2. The minimum atomic E-state index is -0.375. The number of amides is 3. The van der Waals surface area contributed by atoms with Crippen LogP contribution in [0.15, 0.2) is 48.5 Å². The number of nitrogens with zero attached hydrogens (tertiary/aromatic N) is 3. The highest BCUT2D eigenvalue weighted by Gasteiger charge is 2.20. The van der Waals surface area contributed by atoms with Crippen LogP contribution < -0.4 is 16.0 Å². The lowest BCUT2D eigenvalue weighted by atomic mass is 10.0. The Kier molecular flexibility index (Phi) is 6.68. The van der Waals surface area contributed by atoms with E-state index in [-0.39, 0.29) is 18.0 Å². The SMILES string of the molecule is C[C@H](NC(=O)Nc1ccc(C#N)cc1)c1cccc(C(=O)Nc2nc3c(s2)CN(C)CC3)c1. The average Bonchev–Trinajstić information content (AvgIpc) is 3.20. The van der Waals surface area contributed by atoms with Crippen molar-refractivity contribution in [2.45, 2.75) is 25.9 Å². The van der Waals surface area contributed by atoms with Crippen LogP contribution in [0.4, 0.5) is 15.6 Å². The van der Waals surface area contributed by atoms with Crippen molar-refractivity contribution >= 4 is 34.1 Å². The van der Waals surface area contributed by atoms with E-state index in [1.54, 1.807) is 42.5 Å². The largest absolute Gasteiger partial charge is 0.331 e. The number of carbonyl (C=O) groups excluding carboxylic acids is 2. The van der Waals surface area contributed by atoms with Crippen molar-refractivity contribution in [1.82, 2.24) is 15.2 Å². The van der Waals surface area contributed by atoms with Gasteiger partial charge in [-0.25, -0.2) is 9.78 Å². The summed E-state index contributed by atoms with van der Waals surface area (Å²) in [5.41, 5.74) is 3.48. The van der Waals surface area contributed by atoms with Gasteiger partial charge < -0.3 is 15.5 Å². The molecule has 1 atom stereocenters. The molecule has 0 bridgehead atoms. The number of nitriles is 1. The Balaban J connectivity index is 1.37. The topological polar surface area (TPSA) is 110 Å². The minimum absolute atomic E-state index is 0.231. The number of likely N-dealkylation sites (N-methyl/N-ethyl adjacent to an activating group) is 1. The summed E-state index contributed by atoms with van der Waals surface area (Å²) in [6.45, 7) is 3.67. The van der Waals surface area contributed by atoms with Gasteiger partial charge in [0.1, 0.15) is 0 Å². The third-order valence-corrected chi connectivity index (χ3v) is 6.41. The zero-order chi connectivity index (χ0) is 23.4. The van der Waals surface area contributed by atoms with Gasteiger partial charge in [0.25, 0.3) is 5.91 Å². The number of nitrogens with one attached hydrogen (secondary N) is 3. The maximum Gasteiger partial charge on any atom is 0.319 e. The zero-order valence-electron chi connectivity index (χ0n) is 18.4. The minimum Gasteiger partial charge on any atom is -0.331 e. The first-order valence-corrected chi connectivity index (χ1v) is 11.4. The van der Waals surface area contributed by atoms with E-state index >= 15 is 0 Å². The van der Waals surface area contributed by atoms with Gasteiger partial charge in [-0.2, -0.15) is 5.26 Å². The van der Waals surface area contributed by atoms with Crippen molar-refractivity contribution < 1.29 is 9.59 Å². The number of rotatable bonds is 5. The second-order valence-electron chi connectivity index (χ2n) is 7.97. The fourth-order valence-corrected chi connectivity index (χ4v) is 4.65. The lowest BCUT2D eigenvalue weighted by Gasteiger charge is -2.20. The molecule has 33 heavy (non-hydrogen) atoms. The van der Waals surface area contributed by atoms with E-state index in [0.29, 0.717) is 21.9 Å². The van der Waals surface area contributed by atoms with Gasteiger partial charge in [-0.15, -0.1) is 11.3 Å². The maximum absolute atomic E-state index is 12.8. The second kappa shape index (κ2) is 9.81. The molecule has 2 heterocycles. The first-order valence-electron chi connectivity index (χ1n) is 10.6. The molecule has 0 aliphatic carbocycles. The van der Waals surface area contributed by atoms with Crippen LogP contribution in [0.25, 0.3) is 0 Å². The van der Waals surface area contributed by atoms with Crippen molar-refractivity contribution in [2.24, 2.45) is 0 Å². The molecule has 9 heteroatoms. The lowest BCUT2D eigenvalue weighted by Crippen LogP contribution is -2.31. The fraction of sp³-hybridized carbons (Fsp3) is 0.250. The Bertz CT molecular complexity index is 1210. The van der Waals surface area contributed by atoms with Crippen molar-refractivity contribution in [2.75, 3.05) is 24.2 Å². The number of benzene rings is 2. The predicted molar refractivity (Wildman–Crippen MR) is 128 cm³/mol. The normalized spacial score (nSPS) is 14.0. The molecule has 1 aromatic heterocycles. The Morgan fingerprint density at radius 2 is 1.97 bits per heavy atom. The van der Waals surface area contributed by atoms with E-state index in [1.807, 2.05) is 19.1 Å². The van der Waals surface area contributed by atoms with Crippen LogP contribution in [0.3, 0.4) is 0 Å². The number of aromatic nitrogens is 1. The van der Waals surface area contributed by atoms with Gasteiger partial charge in [0, 0.05) is 35.6 Å². The molecule has 3 N–H and O–H groups in total. The van der Waals surface area contributed by atoms with Crippen LogP contribution in [0, 0.1) is 11.3 Å². The first-order chi connectivity index (χ1) is 15.9. The van der Waals surface area contributed by atoms with Crippen LogP contribution in [-0.2, 0) is 13.0 Å². The third-order valence-electron chi connectivity index (χ3n) is 5.41. The summed E-state index contributed by atoms with van der Waals surface area (Å²) in [5.74, 6) is -0.231. The van der Waals surface area contributed by atoms with Crippen molar-refractivity contribution in [1.29, 1.82) is 5.26 Å². The highest BCUT2D eigenvalue weighted by atomic mass is 32.1. The first kappa shape index (κ1) is 22.5. The molecule has 0 fully saturated rings. The van der Waals surface area contributed by atoms with Crippen LogP contribution in [-0.4, -0.2) is 35.4 Å². The standard InChI is InChI=1S/C24H24N6O2S/c1-15(26-23(32)27-19-8-6-16(13-25)7-9-19)17-4-3-5-18(12-17)22(31)29-24-28-20-10-11-30(2)14-21(20)33-24/h3-9,12,15H,10-11,14H2,1-2H3,(H2,26,27,32)(H,28,29,31)/t15-/m0/s1. The van der Waals surface area contributed by atoms with Gasteiger partial charge in [0.2, 0.25) is 0 Å². The number of fused-ring (bicyclic) bond motifs is 1. The van der Waals surface area contributed by atoms with Crippen molar-refractivity contribution in [3.8, 4) is 6.07 Å². The number of urea groups is 1. The molecule has 8 nitrogen and oxygen atoms in total. The number of carbonyl (C=O) groups is 2. The second-order valence-corrected chi connectivity index (χ2v) is 9.05. The smallest absolute Gasteiger partial charge is 0.319 e. The Morgan fingerprint density at radius 3 is 2.73 bits per heavy atom. The summed E-state index contributed by atoms with van der Waals surface area (Å²) in [7, 11) is 2.08. The summed E-state index contributed by atoms with van der Waals surface area (Å²) in [6.07, 6.45) is 0.890.